The van der Waals surface area contributed by atoms with E-state index in [4.69, 9.17) is 4.74 Å². The van der Waals surface area contributed by atoms with Gasteiger partial charge in [0.1, 0.15) is 0 Å². The lowest BCUT2D eigenvalue weighted by Gasteiger charge is -2.40. The minimum atomic E-state index is 0. The van der Waals surface area contributed by atoms with Gasteiger partial charge in [0.25, 0.3) is 0 Å². The molecule has 0 bridgehead atoms. The van der Waals surface area contributed by atoms with Crippen molar-refractivity contribution in [3.8, 4) is 0 Å². The fourth-order valence-electron chi connectivity index (χ4n) is 4.31. The molecule has 1 N–H and O–H groups in total. The van der Waals surface area contributed by atoms with E-state index in [0.717, 1.165) is 19.3 Å². The van der Waals surface area contributed by atoms with Crippen LogP contribution in [-0.2, 0) is 4.74 Å². The molecule has 3 aliphatic heterocycles. The van der Waals surface area contributed by atoms with Crippen molar-refractivity contribution in [2.45, 2.75) is 45.6 Å². The first-order chi connectivity index (χ1) is 8.64. The van der Waals surface area contributed by atoms with Crippen LogP contribution in [0.25, 0.3) is 0 Å². The van der Waals surface area contributed by atoms with Crippen molar-refractivity contribution >= 4 is 12.4 Å². The first-order valence-corrected chi connectivity index (χ1v) is 7.66. The summed E-state index contributed by atoms with van der Waals surface area (Å²) in [5, 5.41) is 3.53. The zero-order valence-electron chi connectivity index (χ0n) is 12.4. The van der Waals surface area contributed by atoms with Gasteiger partial charge < -0.3 is 10.1 Å². The van der Waals surface area contributed by atoms with E-state index < -0.39 is 0 Å². The van der Waals surface area contributed by atoms with Crippen molar-refractivity contribution in [3.05, 3.63) is 0 Å². The molecule has 0 aromatic heterocycles. The lowest BCUT2D eigenvalue weighted by molar-refractivity contribution is -0.00418. The highest BCUT2D eigenvalue weighted by atomic mass is 35.5. The molecular formula is C15H29ClN2O. The first kappa shape index (κ1) is 15.6. The summed E-state index contributed by atoms with van der Waals surface area (Å²) < 4.78 is 5.56. The number of nitrogens with one attached hydrogen (secondary N) is 1. The Kier molecular flexibility index (Phi) is 4.82. The third-order valence-electron chi connectivity index (χ3n) is 5.86. The van der Waals surface area contributed by atoms with Gasteiger partial charge in [-0.2, -0.15) is 0 Å². The molecule has 2 atom stereocenters. The fraction of sp³-hybridized carbons (Fsp3) is 1.00. The first-order valence-electron chi connectivity index (χ1n) is 7.66. The molecule has 0 saturated carbocycles. The number of rotatable bonds is 2. The van der Waals surface area contributed by atoms with Gasteiger partial charge in [0.2, 0.25) is 0 Å². The summed E-state index contributed by atoms with van der Waals surface area (Å²) in [6, 6.07) is 0.749. The van der Waals surface area contributed by atoms with E-state index in [1.807, 2.05) is 0 Å². The highest BCUT2D eigenvalue weighted by Crippen LogP contribution is 2.45. The molecule has 0 aromatic carbocycles. The number of hydrogen-bond donors (Lipinski definition) is 1. The number of ether oxygens (including phenoxy) is 1. The maximum Gasteiger partial charge on any atom is 0.0471 e. The van der Waals surface area contributed by atoms with Crippen molar-refractivity contribution in [2.24, 2.45) is 10.8 Å². The summed E-state index contributed by atoms with van der Waals surface area (Å²) in [6.07, 6.45) is 5.28. The van der Waals surface area contributed by atoms with E-state index >= 15 is 0 Å². The molecule has 2 unspecified atom stereocenters. The summed E-state index contributed by atoms with van der Waals surface area (Å²) in [4.78, 5) is 2.76. The molecule has 19 heavy (non-hydrogen) atoms. The molecule has 0 aromatic rings. The lowest BCUT2D eigenvalue weighted by Crippen LogP contribution is -2.45. The summed E-state index contributed by atoms with van der Waals surface area (Å²) in [5.41, 5.74) is 1.07. The van der Waals surface area contributed by atoms with Gasteiger partial charge in [-0.05, 0) is 56.5 Å². The molecule has 3 fully saturated rings. The molecule has 0 radical (unpaired) electrons. The van der Waals surface area contributed by atoms with Crippen LogP contribution in [0.5, 0.6) is 0 Å². The summed E-state index contributed by atoms with van der Waals surface area (Å²) >= 11 is 0. The van der Waals surface area contributed by atoms with Crippen LogP contribution in [0.1, 0.15) is 39.5 Å². The predicted molar refractivity (Wildman–Crippen MR) is 81.0 cm³/mol. The van der Waals surface area contributed by atoms with E-state index in [1.165, 1.54) is 51.9 Å². The van der Waals surface area contributed by atoms with Crippen molar-refractivity contribution < 1.29 is 4.74 Å². The molecule has 3 saturated heterocycles. The maximum atomic E-state index is 5.56. The minimum Gasteiger partial charge on any atom is -0.381 e. The Bertz CT molecular complexity index is 299. The molecule has 1 spiro atoms. The fourth-order valence-corrected chi connectivity index (χ4v) is 4.31. The Morgan fingerprint density at radius 3 is 2.58 bits per heavy atom. The Morgan fingerprint density at radius 2 is 1.95 bits per heavy atom. The van der Waals surface area contributed by atoms with Crippen LogP contribution in [0.15, 0.2) is 0 Å². The van der Waals surface area contributed by atoms with E-state index in [2.05, 4.69) is 24.1 Å². The second-order valence-corrected chi connectivity index (χ2v) is 7.11. The van der Waals surface area contributed by atoms with Gasteiger partial charge in [0, 0.05) is 32.3 Å². The third-order valence-corrected chi connectivity index (χ3v) is 5.86. The van der Waals surface area contributed by atoms with Gasteiger partial charge >= 0.3 is 0 Å². The molecule has 0 amide bonds. The number of hydrogen-bond acceptors (Lipinski definition) is 3. The van der Waals surface area contributed by atoms with Crippen LogP contribution in [0.2, 0.25) is 0 Å². The normalized spacial score (nSPS) is 38.5. The maximum absolute atomic E-state index is 5.56. The zero-order valence-corrected chi connectivity index (χ0v) is 13.2. The van der Waals surface area contributed by atoms with E-state index in [0.29, 0.717) is 10.8 Å². The standard InChI is InChI=1S/C15H28N2O.ClH/c1-13-15(5-9-18-10-6-15)4-8-17(13)12-14(2)3-7-16-11-14;/h13,16H,3-12H2,1-2H3;1H. The molecule has 3 aliphatic rings. The lowest BCUT2D eigenvalue weighted by atomic mass is 9.74. The second-order valence-electron chi connectivity index (χ2n) is 7.11. The topological polar surface area (TPSA) is 24.5 Å². The van der Waals surface area contributed by atoms with Crippen LogP contribution >= 0.6 is 12.4 Å². The number of likely N-dealkylation sites (tertiary alicyclic amines) is 1. The molecule has 112 valence electrons. The van der Waals surface area contributed by atoms with Crippen LogP contribution in [-0.4, -0.2) is 50.3 Å². The monoisotopic (exact) mass is 288 g/mol. The van der Waals surface area contributed by atoms with E-state index in [1.54, 1.807) is 0 Å². The van der Waals surface area contributed by atoms with Crippen LogP contribution in [0, 0.1) is 10.8 Å². The Labute approximate surface area is 123 Å². The molecule has 3 rings (SSSR count). The quantitative estimate of drug-likeness (QED) is 0.844. The largest absolute Gasteiger partial charge is 0.381 e. The van der Waals surface area contributed by atoms with Crippen molar-refractivity contribution in [2.75, 3.05) is 39.4 Å². The second kappa shape index (κ2) is 5.88. The van der Waals surface area contributed by atoms with E-state index in [9.17, 15) is 0 Å². The highest BCUT2D eigenvalue weighted by Gasteiger charge is 2.47. The molecule has 4 heteroatoms. The van der Waals surface area contributed by atoms with Gasteiger partial charge in [-0.3, -0.25) is 4.90 Å². The molecule has 3 nitrogen and oxygen atoms in total. The molecule has 0 aliphatic carbocycles. The summed E-state index contributed by atoms with van der Waals surface area (Å²) in [5.74, 6) is 0. The average Bonchev–Trinajstić information content (AvgIpc) is 2.92. The Morgan fingerprint density at radius 1 is 1.21 bits per heavy atom. The zero-order chi connectivity index (χ0) is 12.6. The van der Waals surface area contributed by atoms with Gasteiger partial charge in [-0.25, -0.2) is 0 Å². The van der Waals surface area contributed by atoms with Gasteiger partial charge in [0.05, 0.1) is 0 Å². The van der Waals surface area contributed by atoms with Crippen molar-refractivity contribution in [1.82, 2.24) is 10.2 Å². The predicted octanol–water partition coefficient (Wildman–Crippen LogP) is 2.30. The smallest absolute Gasteiger partial charge is 0.0471 e. The van der Waals surface area contributed by atoms with Gasteiger partial charge in [-0.1, -0.05) is 6.92 Å². The summed E-state index contributed by atoms with van der Waals surface area (Å²) in [6.45, 7) is 11.9. The molecule has 3 heterocycles. The number of nitrogens with zero attached hydrogens (tertiary/aromatic N) is 1. The van der Waals surface area contributed by atoms with Crippen LogP contribution < -0.4 is 5.32 Å². The van der Waals surface area contributed by atoms with E-state index in [-0.39, 0.29) is 12.4 Å². The summed E-state index contributed by atoms with van der Waals surface area (Å²) in [7, 11) is 0. The number of halogens is 1. The highest BCUT2D eigenvalue weighted by molar-refractivity contribution is 5.85. The average molecular weight is 289 g/mol. The Balaban J connectivity index is 0.00000133. The third kappa shape index (κ3) is 2.94. The van der Waals surface area contributed by atoms with Crippen molar-refractivity contribution in [1.29, 1.82) is 0 Å². The molecular weight excluding hydrogens is 260 g/mol. The van der Waals surface area contributed by atoms with Crippen LogP contribution in [0.3, 0.4) is 0 Å². The van der Waals surface area contributed by atoms with Gasteiger partial charge in [-0.15, -0.1) is 12.4 Å². The van der Waals surface area contributed by atoms with Gasteiger partial charge in [0.15, 0.2) is 0 Å². The Hall–Kier alpha value is 0.170. The van der Waals surface area contributed by atoms with Crippen molar-refractivity contribution in [3.63, 3.8) is 0 Å². The van der Waals surface area contributed by atoms with Crippen LogP contribution in [0.4, 0.5) is 0 Å². The SMILES string of the molecule is CC1N(CC2(C)CCNC2)CCC12CCOCC2.Cl. The minimum absolute atomic E-state index is 0.